The van der Waals surface area contributed by atoms with E-state index < -0.39 is 24.5 Å². The second-order valence-electron chi connectivity index (χ2n) is 8.61. The van der Waals surface area contributed by atoms with Crippen molar-refractivity contribution in [2.24, 2.45) is 0 Å². The molecule has 0 aliphatic heterocycles. The molecule has 1 aliphatic carbocycles. The molecule has 2 heterocycles. The standard InChI is InChI=1S/C25H27N3O6S/c1-14(2)34-25(32)22-16-8-4-6-10-18(16)35-24(22)28-20(29)13-33-21(30)12-11-19-26-17-9-5-3-7-15(17)23(31)27-19/h3,5,7,9,14H,4,6,8,10-13H2,1-2H3,(H,28,29)(H,26,27,31). The van der Waals surface area contributed by atoms with Crippen molar-refractivity contribution in [3.63, 3.8) is 0 Å². The molecule has 0 fully saturated rings. The van der Waals surface area contributed by atoms with Crippen LogP contribution in [-0.4, -0.2) is 40.5 Å². The van der Waals surface area contributed by atoms with E-state index in [-0.39, 0.29) is 24.5 Å². The van der Waals surface area contributed by atoms with Gasteiger partial charge in [-0.2, -0.15) is 0 Å². The highest BCUT2D eigenvalue weighted by molar-refractivity contribution is 7.17. The zero-order valence-electron chi connectivity index (χ0n) is 19.6. The Morgan fingerprint density at radius 2 is 1.94 bits per heavy atom. The summed E-state index contributed by atoms with van der Waals surface area (Å²) >= 11 is 1.37. The number of fused-ring (bicyclic) bond motifs is 2. The molecule has 4 rings (SSSR count). The number of aryl methyl sites for hydroxylation is 2. The van der Waals surface area contributed by atoms with Gasteiger partial charge in [0.1, 0.15) is 10.8 Å². The molecule has 0 unspecified atom stereocenters. The van der Waals surface area contributed by atoms with E-state index in [2.05, 4.69) is 15.3 Å². The zero-order valence-corrected chi connectivity index (χ0v) is 20.5. The van der Waals surface area contributed by atoms with E-state index in [9.17, 15) is 19.2 Å². The number of H-pyrrole nitrogens is 1. The third kappa shape index (κ3) is 5.94. The van der Waals surface area contributed by atoms with Gasteiger partial charge in [0, 0.05) is 11.3 Å². The monoisotopic (exact) mass is 497 g/mol. The first kappa shape index (κ1) is 24.6. The largest absolute Gasteiger partial charge is 0.459 e. The molecule has 0 bridgehead atoms. The van der Waals surface area contributed by atoms with Crippen LogP contribution in [0.25, 0.3) is 10.9 Å². The molecule has 2 N–H and O–H groups in total. The van der Waals surface area contributed by atoms with Crippen LogP contribution in [-0.2, 0) is 38.3 Å². The second kappa shape index (κ2) is 10.8. The van der Waals surface area contributed by atoms with Crippen molar-refractivity contribution >= 4 is 45.1 Å². The van der Waals surface area contributed by atoms with Crippen molar-refractivity contribution in [3.05, 3.63) is 56.4 Å². The highest BCUT2D eigenvalue weighted by Gasteiger charge is 2.28. The van der Waals surface area contributed by atoms with Gasteiger partial charge in [-0.1, -0.05) is 12.1 Å². The number of rotatable bonds is 8. The number of nitrogens with one attached hydrogen (secondary N) is 2. The number of benzene rings is 1. The predicted molar refractivity (Wildman–Crippen MR) is 132 cm³/mol. The molecule has 35 heavy (non-hydrogen) atoms. The Morgan fingerprint density at radius 3 is 2.74 bits per heavy atom. The van der Waals surface area contributed by atoms with E-state index in [4.69, 9.17) is 9.47 Å². The van der Waals surface area contributed by atoms with Crippen molar-refractivity contribution in [1.29, 1.82) is 0 Å². The maximum absolute atomic E-state index is 12.7. The molecule has 0 saturated carbocycles. The van der Waals surface area contributed by atoms with Gasteiger partial charge < -0.3 is 19.8 Å². The maximum atomic E-state index is 12.7. The topological polar surface area (TPSA) is 127 Å². The van der Waals surface area contributed by atoms with E-state index in [1.54, 1.807) is 38.1 Å². The van der Waals surface area contributed by atoms with Crippen LogP contribution in [0.5, 0.6) is 0 Å². The molecule has 0 radical (unpaired) electrons. The van der Waals surface area contributed by atoms with E-state index in [0.717, 1.165) is 36.1 Å². The fraction of sp³-hybridized carbons (Fsp3) is 0.400. The van der Waals surface area contributed by atoms with E-state index in [1.807, 2.05) is 0 Å². The Balaban J connectivity index is 1.34. The van der Waals surface area contributed by atoms with Crippen LogP contribution in [0.3, 0.4) is 0 Å². The first-order valence-corrected chi connectivity index (χ1v) is 12.4. The summed E-state index contributed by atoms with van der Waals surface area (Å²) in [5, 5.41) is 3.63. The number of carbonyl (C=O) groups excluding carboxylic acids is 3. The lowest BCUT2D eigenvalue weighted by atomic mass is 9.95. The minimum absolute atomic E-state index is 0.0478. The molecule has 0 spiro atoms. The highest BCUT2D eigenvalue weighted by Crippen LogP contribution is 2.38. The van der Waals surface area contributed by atoms with Gasteiger partial charge in [0.15, 0.2) is 6.61 Å². The van der Waals surface area contributed by atoms with Crippen LogP contribution in [0, 0.1) is 0 Å². The number of carbonyl (C=O) groups is 3. The predicted octanol–water partition coefficient (Wildman–Crippen LogP) is 3.54. The smallest absolute Gasteiger partial charge is 0.341 e. The number of anilines is 1. The van der Waals surface area contributed by atoms with Crippen molar-refractivity contribution < 1.29 is 23.9 Å². The Morgan fingerprint density at radius 1 is 1.17 bits per heavy atom. The van der Waals surface area contributed by atoms with Gasteiger partial charge in [-0.05, 0) is 57.2 Å². The fourth-order valence-electron chi connectivity index (χ4n) is 4.00. The molecular formula is C25H27N3O6S. The number of para-hydroxylation sites is 1. The molecule has 10 heteroatoms. The Bertz CT molecular complexity index is 1330. The summed E-state index contributed by atoms with van der Waals surface area (Å²) in [5.41, 5.74) is 1.62. The van der Waals surface area contributed by atoms with Crippen LogP contribution in [0.4, 0.5) is 5.00 Å². The summed E-state index contributed by atoms with van der Waals surface area (Å²) in [6.45, 7) is 3.07. The molecule has 2 aromatic heterocycles. The zero-order chi connectivity index (χ0) is 24.9. The number of aromatic nitrogens is 2. The van der Waals surface area contributed by atoms with E-state index in [1.165, 1.54) is 11.3 Å². The van der Waals surface area contributed by atoms with Crippen LogP contribution in [0.1, 0.15) is 59.7 Å². The Labute approximate surface area is 205 Å². The Kier molecular flexibility index (Phi) is 7.60. The van der Waals surface area contributed by atoms with Crippen LogP contribution in [0.15, 0.2) is 29.1 Å². The number of hydrogen-bond acceptors (Lipinski definition) is 8. The lowest BCUT2D eigenvalue weighted by Crippen LogP contribution is -2.22. The summed E-state index contributed by atoms with van der Waals surface area (Å²) in [4.78, 5) is 57.6. The molecule has 1 aliphatic rings. The van der Waals surface area contributed by atoms with Crippen LogP contribution < -0.4 is 10.9 Å². The number of esters is 2. The molecule has 3 aromatic rings. The number of hydrogen-bond donors (Lipinski definition) is 2. The minimum Gasteiger partial charge on any atom is -0.459 e. The van der Waals surface area contributed by atoms with Crippen molar-refractivity contribution in [2.45, 2.75) is 58.5 Å². The molecule has 0 saturated heterocycles. The van der Waals surface area contributed by atoms with Gasteiger partial charge >= 0.3 is 11.9 Å². The first-order valence-electron chi connectivity index (χ1n) is 11.6. The van der Waals surface area contributed by atoms with Gasteiger partial charge in [-0.25, -0.2) is 9.78 Å². The van der Waals surface area contributed by atoms with Crippen molar-refractivity contribution in [2.75, 3.05) is 11.9 Å². The fourth-order valence-corrected chi connectivity index (χ4v) is 5.29. The van der Waals surface area contributed by atoms with E-state index >= 15 is 0 Å². The summed E-state index contributed by atoms with van der Waals surface area (Å²) in [7, 11) is 0. The minimum atomic E-state index is -0.596. The molecule has 9 nitrogen and oxygen atoms in total. The number of nitrogens with zero attached hydrogens (tertiary/aromatic N) is 1. The van der Waals surface area contributed by atoms with Crippen molar-refractivity contribution in [1.82, 2.24) is 9.97 Å². The molecule has 0 atom stereocenters. The summed E-state index contributed by atoms with van der Waals surface area (Å²) in [6.07, 6.45) is 3.49. The lowest BCUT2D eigenvalue weighted by Gasteiger charge is -2.14. The molecule has 1 aromatic carbocycles. The number of aromatic amines is 1. The lowest BCUT2D eigenvalue weighted by molar-refractivity contribution is -0.147. The SMILES string of the molecule is CC(C)OC(=O)c1c(NC(=O)COC(=O)CCc2nc3ccccc3c(=O)[nH]2)sc2c1CCCC2. The maximum Gasteiger partial charge on any atom is 0.341 e. The number of ether oxygens (including phenoxy) is 2. The Hall–Kier alpha value is -3.53. The average Bonchev–Trinajstić information content (AvgIpc) is 3.19. The summed E-state index contributed by atoms with van der Waals surface area (Å²) in [5.74, 6) is -1.22. The van der Waals surface area contributed by atoms with Crippen LogP contribution in [0.2, 0.25) is 0 Å². The van der Waals surface area contributed by atoms with Gasteiger partial charge in [0.25, 0.3) is 11.5 Å². The van der Waals surface area contributed by atoms with Gasteiger partial charge in [-0.15, -0.1) is 11.3 Å². The quantitative estimate of drug-likeness (QED) is 0.456. The molecule has 184 valence electrons. The van der Waals surface area contributed by atoms with E-state index in [0.29, 0.717) is 27.3 Å². The third-order valence-electron chi connectivity index (χ3n) is 5.56. The first-order chi connectivity index (χ1) is 16.8. The molecule has 1 amide bonds. The average molecular weight is 498 g/mol. The summed E-state index contributed by atoms with van der Waals surface area (Å²) in [6, 6.07) is 6.94. The second-order valence-corrected chi connectivity index (χ2v) is 9.71. The van der Waals surface area contributed by atoms with Crippen molar-refractivity contribution in [3.8, 4) is 0 Å². The van der Waals surface area contributed by atoms with Crippen LogP contribution >= 0.6 is 11.3 Å². The summed E-state index contributed by atoms with van der Waals surface area (Å²) < 4.78 is 10.5. The normalized spacial score (nSPS) is 12.9. The van der Waals surface area contributed by atoms with Gasteiger partial charge in [-0.3, -0.25) is 14.4 Å². The third-order valence-corrected chi connectivity index (χ3v) is 6.77. The highest BCUT2D eigenvalue weighted by atomic mass is 32.1. The number of amides is 1. The van der Waals surface area contributed by atoms with Gasteiger partial charge in [0.05, 0.1) is 29.0 Å². The molecular weight excluding hydrogens is 470 g/mol. The number of thiophene rings is 1. The van der Waals surface area contributed by atoms with Gasteiger partial charge in [0.2, 0.25) is 0 Å².